The second-order valence-electron chi connectivity index (χ2n) is 4.68. The SMILES string of the molecule is CC=Cc1ccccc1OCCNc1cccc(C)c1. The minimum Gasteiger partial charge on any atom is -0.491 e. The summed E-state index contributed by atoms with van der Waals surface area (Å²) < 4.78 is 5.83. The van der Waals surface area contributed by atoms with Gasteiger partial charge >= 0.3 is 0 Å². The van der Waals surface area contributed by atoms with E-state index in [1.807, 2.05) is 31.2 Å². The summed E-state index contributed by atoms with van der Waals surface area (Å²) in [5, 5.41) is 3.36. The molecule has 0 aliphatic heterocycles. The molecule has 0 fully saturated rings. The van der Waals surface area contributed by atoms with Crippen molar-refractivity contribution in [2.24, 2.45) is 0 Å². The minimum absolute atomic E-state index is 0.641. The molecule has 2 heteroatoms. The van der Waals surface area contributed by atoms with Gasteiger partial charge in [0, 0.05) is 17.8 Å². The molecule has 2 aromatic carbocycles. The average Bonchev–Trinajstić information content (AvgIpc) is 2.46. The molecule has 2 nitrogen and oxygen atoms in total. The molecule has 0 bridgehead atoms. The van der Waals surface area contributed by atoms with E-state index in [0.717, 1.165) is 23.5 Å². The molecule has 0 radical (unpaired) electrons. The van der Waals surface area contributed by atoms with Gasteiger partial charge in [0.1, 0.15) is 12.4 Å². The number of ether oxygens (including phenoxy) is 1. The fraction of sp³-hybridized carbons (Fsp3) is 0.222. The maximum atomic E-state index is 5.83. The molecule has 0 aliphatic carbocycles. The molecule has 0 saturated heterocycles. The Morgan fingerprint density at radius 1 is 1.10 bits per heavy atom. The smallest absolute Gasteiger partial charge is 0.126 e. The first-order valence-corrected chi connectivity index (χ1v) is 6.94. The zero-order valence-corrected chi connectivity index (χ0v) is 12.1. The summed E-state index contributed by atoms with van der Waals surface area (Å²) in [6.07, 6.45) is 4.08. The minimum atomic E-state index is 0.641. The summed E-state index contributed by atoms with van der Waals surface area (Å²) in [4.78, 5) is 0. The fourth-order valence-corrected chi connectivity index (χ4v) is 2.04. The lowest BCUT2D eigenvalue weighted by atomic mass is 10.2. The van der Waals surface area contributed by atoms with Crippen LogP contribution >= 0.6 is 0 Å². The second-order valence-corrected chi connectivity index (χ2v) is 4.68. The van der Waals surface area contributed by atoms with Gasteiger partial charge in [-0.3, -0.25) is 0 Å². The Hall–Kier alpha value is -2.22. The number of nitrogens with one attached hydrogen (secondary N) is 1. The number of para-hydroxylation sites is 1. The molecule has 0 saturated carbocycles. The monoisotopic (exact) mass is 267 g/mol. The van der Waals surface area contributed by atoms with E-state index in [4.69, 9.17) is 4.74 Å². The second kappa shape index (κ2) is 7.39. The molecule has 2 aromatic rings. The predicted octanol–water partition coefficient (Wildman–Crippen LogP) is 4.52. The number of aryl methyl sites for hydroxylation is 1. The van der Waals surface area contributed by atoms with E-state index in [9.17, 15) is 0 Å². The number of rotatable bonds is 6. The van der Waals surface area contributed by atoms with Crippen LogP contribution in [0.1, 0.15) is 18.1 Å². The van der Waals surface area contributed by atoms with Gasteiger partial charge in [0.2, 0.25) is 0 Å². The first-order chi connectivity index (χ1) is 9.79. The van der Waals surface area contributed by atoms with Crippen LogP contribution in [0.15, 0.2) is 54.6 Å². The van der Waals surface area contributed by atoms with Crippen molar-refractivity contribution in [2.75, 3.05) is 18.5 Å². The average molecular weight is 267 g/mol. The zero-order chi connectivity index (χ0) is 14.2. The Morgan fingerprint density at radius 3 is 2.75 bits per heavy atom. The lowest BCUT2D eigenvalue weighted by Crippen LogP contribution is -2.11. The highest BCUT2D eigenvalue weighted by Gasteiger charge is 1.99. The van der Waals surface area contributed by atoms with E-state index in [1.54, 1.807) is 0 Å². The van der Waals surface area contributed by atoms with Crippen molar-refractivity contribution in [1.29, 1.82) is 0 Å². The van der Waals surface area contributed by atoms with Crippen LogP contribution in [-0.2, 0) is 0 Å². The maximum Gasteiger partial charge on any atom is 0.126 e. The normalized spacial score (nSPS) is 10.7. The van der Waals surface area contributed by atoms with Crippen LogP contribution in [0.4, 0.5) is 5.69 Å². The van der Waals surface area contributed by atoms with Crippen molar-refractivity contribution in [1.82, 2.24) is 0 Å². The standard InChI is InChI=1S/C18H21NO/c1-3-7-16-9-4-5-11-18(16)20-13-12-19-17-10-6-8-15(2)14-17/h3-11,14,19H,12-13H2,1-2H3. The van der Waals surface area contributed by atoms with Crippen LogP contribution in [0.25, 0.3) is 6.08 Å². The summed E-state index contributed by atoms with van der Waals surface area (Å²) in [7, 11) is 0. The van der Waals surface area contributed by atoms with E-state index >= 15 is 0 Å². The van der Waals surface area contributed by atoms with Gasteiger partial charge in [-0.25, -0.2) is 0 Å². The molecule has 2 rings (SSSR count). The van der Waals surface area contributed by atoms with Crippen molar-refractivity contribution < 1.29 is 4.74 Å². The van der Waals surface area contributed by atoms with Crippen LogP contribution < -0.4 is 10.1 Å². The number of hydrogen-bond acceptors (Lipinski definition) is 2. The van der Waals surface area contributed by atoms with E-state index in [2.05, 4.69) is 48.6 Å². The number of anilines is 1. The number of hydrogen-bond donors (Lipinski definition) is 1. The first-order valence-electron chi connectivity index (χ1n) is 6.94. The molecule has 20 heavy (non-hydrogen) atoms. The van der Waals surface area contributed by atoms with Gasteiger partial charge in [-0.1, -0.05) is 42.5 Å². The van der Waals surface area contributed by atoms with Gasteiger partial charge in [-0.2, -0.15) is 0 Å². The van der Waals surface area contributed by atoms with Gasteiger partial charge in [0.05, 0.1) is 0 Å². The van der Waals surface area contributed by atoms with Crippen LogP contribution in [0.2, 0.25) is 0 Å². The molecule has 0 aromatic heterocycles. The molecular formula is C18H21NO. The van der Waals surface area contributed by atoms with Crippen molar-refractivity contribution >= 4 is 11.8 Å². The lowest BCUT2D eigenvalue weighted by molar-refractivity contribution is 0.332. The first kappa shape index (κ1) is 14.2. The third-order valence-electron chi connectivity index (χ3n) is 2.97. The van der Waals surface area contributed by atoms with Crippen LogP contribution in [-0.4, -0.2) is 13.2 Å². The molecule has 0 amide bonds. The van der Waals surface area contributed by atoms with Gasteiger partial charge in [0.15, 0.2) is 0 Å². The molecule has 0 spiro atoms. The van der Waals surface area contributed by atoms with Crippen molar-refractivity contribution in [3.63, 3.8) is 0 Å². The molecule has 0 atom stereocenters. The summed E-state index contributed by atoms with van der Waals surface area (Å²) >= 11 is 0. The highest BCUT2D eigenvalue weighted by Crippen LogP contribution is 2.19. The van der Waals surface area contributed by atoms with E-state index in [0.29, 0.717) is 6.61 Å². The summed E-state index contributed by atoms with van der Waals surface area (Å²) in [6, 6.07) is 16.4. The van der Waals surface area contributed by atoms with Crippen LogP contribution in [0.3, 0.4) is 0 Å². The highest BCUT2D eigenvalue weighted by molar-refractivity contribution is 5.56. The Balaban J connectivity index is 1.84. The Morgan fingerprint density at radius 2 is 1.95 bits per heavy atom. The van der Waals surface area contributed by atoms with Crippen LogP contribution in [0, 0.1) is 6.92 Å². The third kappa shape index (κ3) is 4.16. The van der Waals surface area contributed by atoms with E-state index in [1.165, 1.54) is 5.56 Å². The molecule has 0 aliphatic rings. The molecule has 104 valence electrons. The maximum absolute atomic E-state index is 5.83. The van der Waals surface area contributed by atoms with Gasteiger partial charge in [-0.15, -0.1) is 0 Å². The lowest BCUT2D eigenvalue weighted by Gasteiger charge is -2.11. The number of benzene rings is 2. The predicted molar refractivity (Wildman–Crippen MR) is 86.3 cm³/mol. The Labute approximate surface area is 121 Å². The summed E-state index contributed by atoms with van der Waals surface area (Å²) in [5.74, 6) is 0.927. The van der Waals surface area contributed by atoms with Crippen molar-refractivity contribution in [2.45, 2.75) is 13.8 Å². The van der Waals surface area contributed by atoms with Gasteiger partial charge < -0.3 is 10.1 Å². The molecular weight excluding hydrogens is 246 g/mol. The van der Waals surface area contributed by atoms with E-state index < -0.39 is 0 Å². The van der Waals surface area contributed by atoms with Crippen molar-refractivity contribution in [3.8, 4) is 5.75 Å². The third-order valence-corrected chi connectivity index (χ3v) is 2.97. The van der Waals surface area contributed by atoms with Crippen molar-refractivity contribution in [3.05, 3.63) is 65.7 Å². The van der Waals surface area contributed by atoms with Crippen LogP contribution in [0.5, 0.6) is 5.75 Å². The molecule has 1 N–H and O–H groups in total. The fourth-order valence-electron chi connectivity index (χ4n) is 2.04. The highest BCUT2D eigenvalue weighted by atomic mass is 16.5. The Kier molecular flexibility index (Phi) is 5.24. The summed E-state index contributed by atoms with van der Waals surface area (Å²) in [5.41, 5.74) is 3.51. The number of allylic oxidation sites excluding steroid dienone is 1. The molecule has 0 unspecified atom stereocenters. The van der Waals surface area contributed by atoms with Gasteiger partial charge in [0.25, 0.3) is 0 Å². The largest absolute Gasteiger partial charge is 0.491 e. The zero-order valence-electron chi connectivity index (χ0n) is 12.1. The van der Waals surface area contributed by atoms with Gasteiger partial charge in [-0.05, 0) is 37.6 Å². The molecule has 0 heterocycles. The summed E-state index contributed by atoms with van der Waals surface area (Å²) in [6.45, 7) is 5.53. The Bertz CT molecular complexity index is 575. The quantitative estimate of drug-likeness (QED) is 0.777. The van der Waals surface area contributed by atoms with E-state index in [-0.39, 0.29) is 0 Å². The topological polar surface area (TPSA) is 21.3 Å².